The van der Waals surface area contributed by atoms with Crippen LogP contribution in [0.5, 0.6) is 0 Å². The maximum Gasteiger partial charge on any atom is 0.277 e. The molecule has 0 fully saturated rings. The van der Waals surface area contributed by atoms with Gasteiger partial charge in [0, 0.05) is 42.7 Å². The number of carbonyl (C=O) groups excluding carboxylic acids is 3. The van der Waals surface area contributed by atoms with E-state index in [-0.39, 0.29) is 41.4 Å². The Balaban J connectivity index is 1.11. The van der Waals surface area contributed by atoms with E-state index in [1.54, 1.807) is 36.5 Å². The summed E-state index contributed by atoms with van der Waals surface area (Å²) in [5.41, 5.74) is 7.71. The standard InChI is InChI=1S/C36H53N7O10/c1-26(41-35(46)28-4-6-29(7-5-28)39-24-30-25-40-31-23-32(37)43-36(47)34(31)42-30)3-8-33(45)38-10-12-49-14-16-51-18-20-53-22-21-52-19-17-50-15-13-48-11-9-27(2)44/h4-7,23,25-26,39H,3,8-22,24H2,1-2H3,(H,38,45)(H,41,46)(H3,37,43,47)/t26-/m1/s1. The number of rotatable bonds is 29. The van der Waals surface area contributed by atoms with Crippen molar-refractivity contribution in [3.05, 3.63) is 58.1 Å². The molecule has 0 aliphatic carbocycles. The molecule has 6 N–H and O–H groups in total. The quantitative estimate of drug-likeness (QED) is 0.0637. The molecule has 2 heterocycles. The average Bonchev–Trinajstić information content (AvgIpc) is 3.13. The molecule has 1 aromatic carbocycles. The Bertz CT molecular complexity index is 1590. The minimum Gasteiger partial charge on any atom is -0.385 e. The molecule has 0 radical (unpaired) electrons. The largest absolute Gasteiger partial charge is 0.385 e. The van der Waals surface area contributed by atoms with Crippen LogP contribution in [-0.4, -0.2) is 124 Å². The van der Waals surface area contributed by atoms with Crippen LogP contribution >= 0.6 is 0 Å². The number of nitrogens with one attached hydrogen (secondary N) is 4. The molecule has 0 aliphatic heterocycles. The van der Waals surface area contributed by atoms with Gasteiger partial charge in [0.2, 0.25) is 5.91 Å². The number of anilines is 2. The maximum absolute atomic E-state index is 12.7. The maximum atomic E-state index is 12.7. The van der Waals surface area contributed by atoms with Crippen molar-refractivity contribution < 1.29 is 42.8 Å². The van der Waals surface area contributed by atoms with Gasteiger partial charge in [0.05, 0.1) is 103 Å². The minimum atomic E-state index is -0.400. The molecule has 0 saturated heterocycles. The van der Waals surface area contributed by atoms with Crippen LogP contribution < -0.4 is 27.2 Å². The van der Waals surface area contributed by atoms with Gasteiger partial charge in [-0.1, -0.05) is 0 Å². The summed E-state index contributed by atoms with van der Waals surface area (Å²) in [4.78, 5) is 59.0. The third-order valence-electron chi connectivity index (χ3n) is 7.45. The lowest BCUT2D eigenvalue weighted by Crippen LogP contribution is -2.34. The minimum absolute atomic E-state index is 0.111. The summed E-state index contributed by atoms with van der Waals surface area (Å²) < 4.78 is 32.5. The van der Waals surface area contributed by atoms with Gasteiger partial charge in [-0.3, -0.25) is 24.2 Å². The highest BCUT2D eigenvalue weighted by atomic mass is 16.6. The molecule has 17 nitrogen and oxygen atoms in total. The third-order valence-corrected chi connectivity index (χ3v) is 7.45. The van der Waals surface area contributed by atoms with Crippen molar-refractivity contribution in [2.45, 2.75) is 45.7 Å². The first-order chi connectivity index (χ1) is 25.7. The first-order valence-corrected chi connectivity index (χ1v) is 17.7. The number of hydrogen-bond acceptors (Lipinski definition) is 14. The van der Waals surface area contributed by atoms with Crippen LogP contribution in [0.2, 0.25) is 0 Å². The summed E-state index contributed by atoms with van der Waals surface area (Å²) >= 11 is 0. The zero-order chi connectivity index (χ0) is 38.1. The Morgan fingerprint density at radius 3 is 1.96 bits per heavy atom. The van der Waals surface area contributed by atoms with E-state index < -0.39 is 5.56 Å². The molecule has 3 rings (SSSR count). The molecule has 0 spiro atoms. The fourth-order valence-electron chi connectivity index (χ4n) is 4.59. The van der Waals surface area contributed by atoms with Gasteiger partial charge in [0.15, 0.2) is 5.52 Å². The second-order valence-corrected chi connectivity index (χ2v) is 12.0. The number of hydrogen-bond donors (Lipinski definition) is 5. The fourth-order valence-corrected chi connectivity index (χ4v) is 4.59. The zero-order valence-electron chi connectivity index (χ0n) is 30.6. The number of amides is 2. The average molecular weight is 744 g/mol. The summed E-state index contributed by atoms with van der Waals surface area (Å²) in [7, 11) is 0. The van der Waals surface area contributed by atoms with Gasteiger partial charge in [0.25, 0.3) is 11.5 Å². The van der Waals surface area contributed by atoms with E-state index in [0.717, 1.165) is 5.69 Å². The molecule has 3 aromatic rings. The van der Waals surface area contributed by atoms with Crippen molar-refractivity contribution >= 4 is 40.1 Å². The monoisotopic (exact) mass is 743 g/mol. The summed E-state index contributed by atoms with van der Waals surface area (Å²) in [6, 6.07) is 8.30. The van der Waals surface area contributed by atoms with Crippen LogP contribution in [0.1, 0.15) is 49.2 Å². The van der Waals surface area contributed by atoms with Gasteiger partial charge >= 0.3 is 0 Å². The van der Waals surface area contributed by atoms with Crippen molar-refractivity contribution in [3.63, 3.8) is 0 Å². The van der Waals surface area contributed by atoms with Gasteiger partial charge < -0.3 is 55.1 Å². The van der Waals surface area contributed by atoms with Crippen LogP contribution in [-0.2, 0) is 44.6 Å². The molecule has 0 aliphatic rings. The number of carbonyl (C=O) groups is 3. The Kier molecular flexibility index (Phi) is 20.6. The first kappa shape index (κ1) is 42.9. The summed E-state index contributed by atoms with van der Waals surface area (Å²) in [6.45, 7) is 9.36. The molecule has 17 heteroatoms. The Hall–Kier alpha value is -4.52. The number of aromatic amines is 1. The number of fused-ring (bicyclic) bond motifs is 1. The predicted octanol–water partition coefficient (Wildman–Crippen LogP) is 1.61. The van der Waals surface area contributed by atoms with Crippen LogP contribution in [0, 0.1) is 0 Å². The number of nitrogens with zero attached hydrogens (tertiary/aromatic N) is 2. The first-order valence-electron chi connectivity index (χ1n) is 17.7. The highest BCUT2D eigenvalue weighted by Gasteiger charge is 2.12. The Labute approximate surface area is 309 Å². The van der Waals surface area contributed by atoms with E-state index >= 15 is 0 Å². The predicted molar refractivity (Wildman–Crippen MR) is 198 cm³/mol. The number of ketones is 1. The van der Waals surface area contributed by atoms with Gasteiger partial charge in [-0.15, -0.1) is 0 Å². The van der Waals surface area contributed by atoms with Gasteiger partial charge in [-0.05, 0) is 44.5 Å². The number of nitrogens with two attached hydrogens (primary N) is 1. The van der Waals surface area contributed by atoms with Gasteiger partial charge in [-0.2, -0.15) is 0 Å². The number of ether oxygens (including phenoxy) is 6. The van der Waals surface area contributed by atoms with E-state index in [4.69, 9.17) is 34.2 Å². The molecular weight excluding hydrogens is 690 g/mol. The molecule has 0 saturated carbocycles. The van der Waals surface area contributed by atoms with Gasteiger partial charge in [0.1, 0.15) is 11.6 Å². The van der Waals surface area contributed by atoms with Crippen LogP contribution in [0.3, 0.4) is 0 Å². The number of nitrogen functional groups attached to an aromatic ring is 1. The highest BCUT2D eigenvalue weighted by molar-refractivity contribution is 5.94. The number of pyridine rings is 1. The molecular formula is C36H53N7O10. The van der Waals surface area contributed by atoms with E-state index in [0.29, 0.717) is 122 Å². The third kappa shape index (κ3) is 18.7. The van der Waals surface area contributed by atoms with E-state index in [1.165, 1.54) is 6.92 Å². The summed E-state index contributed by atoms with van der Waals surface area (Å²) in [5, 5.41) is 8.94. The summed E-state index contributed by atoms with van der Waals surface area (Å²) in [6.07, 6.45) is 2.75. The molecule has 0 bridgehead atoms. The second kappa shape index (κ2) is 25.5. The fraction of sp³-hybridized carbons (Fsp3) is 0.556. The highest BCUT2D eigenvalue weighted by Crippen LogP contribution is 2.13. The normalized spacial score (nSPS) is 11.7. The number of Topliss-reactive ketones (excluding diaryl/α,β-unsaturated/α-hetero) is 1. The molecule has 2 aromatic heterocycles. The molecule has 53 heavy (non-hydrogen) atoms. The zero-order valence-corrected chi connectivity index (χ0v) is 30.6. The van der Waals surface area contributed by atoms with E-state index in [9.17, 15) is 19.2 Å². The van der Waals surface area contributed by atoms with Crippen molar-refractivity contribution in [1.29, 1.82) is 0 Å². The van der Waals surface area contributed by atoms with E-state index in [1.807, 2.05) is 6.92 Å². The van der Waals surface area contributed by atoms with Crippen molar-refractivity contribution in [2.75, 3.05) is 96.9 Å². The lowest BCUT2D eigenvalue weighted by Gasteiger charge is -2.14. The van der Waals surface area contributed by atoms with E-state index in [2.05, 4.69) is 30.9 Å². The number of H-pyrrole nitrogens is 1. The SMILES string of the molecule is CC(=O)CCOCCOCCOCCOCCOCCOCCNC(=O)CC[C@@H](C)NC(=O)c1ccc(NCc2cnc3cc(N)[nH]c(=O)c3n2)cc1. The lowest BCUT2D eigenvalue weighted by molar-refractivity contribution is -0.121. The van der Waals surface area contributed by atoms with Gasteiger partial charge in [-0.25, -0.2) is 4.98 Å². The second-order valence-electron chi connectivity index (χ2n) is 12.0. The Morgan fingerprint density at radius 2 is 1.38 bits per heavy atom. The van der Waals surface area contributed by atoms with Crippen LogP contribution in [0.25, 0.3) is 11.0 Å². The molecule has 2 amide bonds. The molecule has 292 valence electrons. The Morgan fingerprint density at radius 1 is 0.811 bits per heavy atom. The van der Waals surface area contributed by atoms with Crippen molar-refractivity contribution in [1.82, 2.24) is 25.6 Å². The molecule has 1 atom stereocenters. The summed E-state index contributed by atoms with van der Waals surface area (Å²) in [5.74, 6) is -0.0196. The van der Waals surface area contributed by atoms with Crippen molar-refractivity contribution in [2.24, 2.45) is 0 Å². The molecule has 0 unspecified atom stereocenters. The van der Waals surface area contributed by atoms with Crippen molar-refractivity contribution in [3.8, 4) is 0 Å². The number of aromatic nitrogens is 3. The van der Waals surface area contributed by atoms with Crippen LogP contribution in [0.4, 0.5) is 11.5 Å². The topological polar surface area (TPSA) is 227 Å². The smallest absolute Gasteiger partial charge is 0.277 e. The number of benzene rings is 1. The van der Waals surface area contributed by atoms with Crippen LogP contribution in [0.15, 0.2) is 41.3 Å². The lowest BCUT2D eigenvalue weighted by atomic mass is 10.1.